The van der Waals surface area contributed by atoms with Gasteiger partial charge in [-0.1, -0.05) is 12.1 Å². The monoisotopic (exact) mass is 433 g/mol. The van der Waals surface area contributed by atoms with Gasteiger partial charge < -0.3 is 15.2 Å². The second-order valence-corrected chi connectivity index (χ2v) is 8.14. The summed E-state index contributed by atoms with van der Waals surface area (Å²) in [5, 5.41) is 6.99. The smallest absolute Gasteiger partial charge is 0.254 e. The number of likely N-dealkylation sites (tertiary alicyclic amines) is 1. The van der Waals surface area contributed by atoms with Crippen LogP contribution in [0.25, 0.3) is 11.0 Å². The standard InChI is InChI=1S/C23H24FN7O/c24-18-4-3-8-25-21(18)11-26-23(32)17-10-27-31(15-17)14-16-12-30(13-16)9-7-22-28-19-5-1-2-6-20(19)29-22/h1-6,8,10,15-16H,7,9,11-14H2,(H,26,32)(H,28,29). The molecule has 1 aliphatic heterocycles. The fourth-order valence-electron chi connectivity index (χ4n) is 4.02. The van der Waals surface area contributed by atoms with Crippen LogP contribution in [0, 0.1) is 11.7 Å². The summed E-state index contributed by atoms with van der Waals surface area (Å²) in [5.74, 6) is 0.799. The highest BCUT2D eigenvalue weighted by molar-refractivity contribution is 5.93. The number of nitrogens with zero attached hydrogens (tertiary/aromatic N) is 5. The number of carbonyl (C=O) groups is 1. The molecule has 8 nitrogen and oxygen atoms in total. The minimum Gasteiger partial charge on any atom is -0.346 e. The number of hydrogen-bond acceptors (Lipinski definition) is 5. The number of benzene rings is 1. The first-order valence-electron chi connectivity index (χ1n) is 10.7. The highest BCUT2D eigenvalue weighted by Crippen LogP contribution is 2.18. The summed E-state index contributed by atoms with van der Waals surface area (Å²) in [5.41, 5.74) is 2.76. The van der Waals surface area contributed by atoms with E-state index in [4.69, 9.17) is 0 Å². The van der Waals surface area contributed by atoms with E-state index in [1.54, 1.807) is 17.1 Å². The molecule has 0 atom stereocenters. The molecule has 0 unspecified atom stereocenters. The molecule has 0 bridgehead atoms. The topological polar surface area (TPSA) is 91.7 Å². The Bertz CT molecular complexity index is 1190. The second kappa shape index (κ2) is 8.88. The molecule has 2 N–H and O–H groups in total. The van der Waals surface area contributed by atoms with E-state index in [2.05, 4.69) is 30.3 Å². The molecule has 4 aromatic rings. The Morgan fingerprint density at radius 3 is 2.94 bits per heavy atom. The third-order valence-corrected chi connectivity index (χ3v) is 5.73. The van der Waals surface area contributed by atoms with Gasteiger partial charge in [0.05, 0.1) is 35.0 Å². The molecule has 3 aromatic heterocycles. The lowest BCUT2D eigenvalue weighted by Gasteiger charge is -2.39. The van der Waals surface area contributed by atoms with Crippen molar-refractivity contribution < 1.29 is 9.18 Å². The molecule has 0 aliphatic carbocycles. The third-order valence-electron chi connectivity index (χ3n) is 5.73. The van der Waals surface area contributed by atoms with E-state index in [0.717, 1.165) is 49.5 Å². The number of fused-ring (bicyclic) bond motifs is 1. The summed E-state index contributed by atoms with van der Waals surface area (Å²) in [4.78, 5) is 26.7. The van der Waals surface area contributed by atoms with Crippen molar-refractivity contribution >= 4 is 16.9 Å². The van der Waals surface area contributed by atoms with Crippen molar-refractivity contribution in [1.29, 1.82) is 0 Å². The van der Waals surface area contributed by atoms with Crippen molar-refractivity contribution in [2.75, 3.05) is 19.6 Å². The number of pyridine rings is 1. The Morgan fingerprint density at radius 1 is 1.22 bits per heavy atom. The Morgan fingerprint density at radius 2 is 2.09 bits per heavy atom. The lowest BCUT2D eigenvalue weighted by molar-refractivity contribution is 0.0861. The van der Waals surface area contributed by atoms with Crippen molar-refractivity contribution in [3.8, 4) is 0 Å². The summed E-state index contributed by atoms with van der Waals surface area (Å²) < 4.78 is 15.4. The largest absolute Gasteiger partial charge is 0.346 e. The van der Waals surface area contributed by atoms with Crippen LogP contribution >= 0.6 is 0 Å². The maximum atomic E-state index is 13.6. The third kappa shape index (κ3) is 4.52. The Balaban J connectivity index is 1.06. The van der Waals surface area contributed by atoms with Gasteiger partial charge in [0.2, 0.25) is 0 Å². The molecule has 0 saturated carbocycles. The van der Waals surface area contributed by atoms with Crippen LogP contribution < -0.4 is 5.32 Å². The number of amides is 1. The number of carbonyl (C=O) groups excluding carboxylic acids is 1. The SMILES string of the molecule is O=C(NCc1ncccc1F)c1cnn(CC2CN(CCc3nc4ccccc4[nH]3)C2)c1. The predicted octanol–water partition coefficient (Wildman–Crippen LogP) is 2.40. The number of aromatic amines is 1. The van der Waals surface area contributed by atoms with Crippen LogP contribution in [-0.4, -0.2) is 55.2 Å². The minimum absolute atomic E-state index is 0.0412. The number of imidazole rings is 1. The van der Waals surface area contributed by atoms with Crippen molar-refractivity contribution in [2.45, 2.75) is 19.5 Å². The molecule has 0 radical (unpaired) electrons. The van der Waals surface area contributed by atoms with E-state index in [1.165, 1.54) is 18.3 Å². The minimum atomic E-state index is -0.432. The highest BCUT2D eigenvalue weighted by atomic mass is 19.1. The lowest BCUT2D eigenvalue weighted by Crippen LogP contribution is -2.49. The van der Waals surface area contributed by atoms with E-state index >= 15 is 0 Å². The van der Waals surface area contributed by atoms with E-state index in [0.29, 0.717) is 11.5 Å². The normalized spacial score (nSPS) is 14.5. The molecule has 0 spiro atoms. The fraction of sp³-hybridized carbons (Fsp3) is 0.304. The molecule has 9 heteroatoms. The maximum absolute atomic E-state index is 13.6. The first-order chi connectivity index (χ1) is 15.6. The van der Waals surface area contributed by atoms with Gasteiger partial charge in [-0.05, 0) is 24.3 Å². The molecule has 32 heavy (non-hydrogen) atoms. The van der Waals surface area contributed by atoms with Gasteiger partial charge in [-0.15, -0.1) is 0 Å². The maximum Gasteiger partial charge on any atom is 0.254 e. The number of hydrogen-bond donors (Lipinski definition) is 2. The van der Waals surface area contributed by atoms with Gasteiger partial charge in [0, 0.05) is 50.9 Å². The number of aromatic nitrogens is 5. The van der Waals surface area contributed by atoms with Crippen LogP contribution in [-0.2, 0) is 19.5 Å². The summed E-state index contributed by atoms with van der Waals surface area (Å²) in [7, 11) is 0. The molecule has 1 fully saturated rings. The van der Waals surface area contributed by atoms with E-state index in [1.807, 2.05) is 24.3 Å². The van der Waals surface area contributed by atoms with Crippen molar-refractivity contribution in [2.24, 2.45) is 5.92 Å². The van der Waals surface area contributed by atoms with E-state index in [-0.39, 0.29) is 18.1 Å². The average molecular weight is 433 g/mol. The number of rotatable bonds is 8. The van der Waals surface area contributed by atoms with Crippen LogP contribution in [0.15, 0.2) is 55.0 Å². The average Bonchev–Trinajstić information content (AvgIpc) is 3.41. The Hall–Kier alpha value is -3.59. The molecule has 1 aromatic carbocycles. The van der Waals surface area contributed by atoms with Gasteiger partial charge >= 0.3 is 0 Å². The summed E-state index contributed by atoms with van der Waals surface area (Å²) in [6, 6.07) is 10.9. The molecule has 1 amide bonds. The first kappa shape index (κ1) is 20.3. The number of para-hydroxylation sites is 2. The second-order valence-electron chi connectivity index (χ2n) is 8.14. The highest BCUT2D eigenvalue weighted by Gasteiger charge is 2.27. The number of halogens is 1. The van der Waals surface area contributed by atoms with Crippen LogP contribution in [0.2, 0.25) is 0 Å². The van der Waals surface area contributed by atoms with Gasteiger partial charge in [-0.25, -0.2) is 9.37 Å². The predicted molar refractivity (Wildman–Crippen MR) is 117 cm³/mol. The number of H-pyrrole nitrogens is 1. The van der Waals surface area contributed by atoms with Crippen molar-refractivity contribution in [1.82, 2.24) is 34.9 Å². The Labute approximate surface area is 184 Å². The lowest BCUT2D eigenvalue weighted by atomic mass is 10.00. The van der Waals surface area contributed by atoms with Crippen LogP contribution in [0.4, 0.5) is 4.39 Å². The molecule has 5 rings (SSSR count). The zero-order valence-corrected chi connectivity index (χ0v) is 17.5. The van der Waals surface area contributed by atoms with Crippen LogP contribution in [0.3, 0.4) is 0 Å². The molecule has 164 valence electrons. The van der Waals surface area contributed by atoms with Crippen molar-refractivity contribution in [3.63, 3.8) is 0 Å². The molecule has 1 aliphatic rings. The van der Waals surface area contributed by atoms with Gasteiger partial charge in [0.1, 0.15) is 11.6 Å². The van der Waals surface area contributed by atoms with E-state index < -0.39 is 5.82 Å². The van der Waals surface area contributed by atoms with Gasteiger partial charge in [0.25, 0.3) is 5.91 Å². The summed E-state index contributed by atoms with van der Waals surface area (Å²) in [6.07, 6.45) is 5.68. The molecular formula is C23H24FN7O. The zero-order valence-electron chi connectivity index (χ0n) is 17.5. The first-order valence-corrected chi connectivity index (χ1v) is 10.7. The summed E-state index contributed by atoms with van der Waals surface area (Å²) >= 11 is 0. The van der Waals surface area contributed by atoms with Gasteiger partial charge in [-0.2, -0.15) is 5.10 Å². The number of nitrogens with one attached hydrogen (secondary N) is 2. The Kier molecular flexibility index (Phi) is 5.64. The zero-order chi connectivity index (χ0) is 21.9. The van der Waals surface area contributed by atoms with Gasteiger partial charge in [-0.3, -0.25) is 14.5 Å². The van der Waals surface area contributed by atoms with Crippen molar-refractivity contribution in [3.05, 3.63) is 77.9 Å². The summed E-state index contributed by atoms with van der Waals surface area (Å²) in [6.45, 7) is 3.77. The van der Waals surface area contributed by atoms with Crippen LogP contribution in [0.5, 0.6) is 0 Å². The fourth-order valence-corrected chi connectivity index (χ4v) is 4.02. The van der Waals surface area contributed by atoms with E-state index in [9.17, 15) is 9.18 Å². The van der Waals surface area contributed by atoms with Gasteiger partial charge in [0.15, 0.2) is 0 Å². The molecule has 1 saturated heterocycles. The van der Waals surface area contributed by atoms with Crippen LogP contribution in [0.1, 0.15) is 21.9 Å². The molecular weight excluding hydrogens is 409 g/mol. The quantitative estimate of drug-likeness (QED) is 0.445. The molecule has 4 heterocycles.